The van der Waals surface area contributed by atoms with Gasteiger partial charge in [0.05, 0.1) is 11.9 Å². The maximum Gasteiger partial charge on any atom is 0.0728 e. The summed E-state index contributed by atoms with van der Waals surface area (Å²) in [6, 6.07) is 0.616. The van der Waals surface area contributed by atoms with Crippen LogP contribution in [-0.2, 0) is 7.05 Å². The van der Waals surface area contributed by atoms with E-state index in [0.29, 0.717) is 6.04 Å². The maximum absolute atomic E-state index is 4.12. The van der Waals surface area contributed by atoms with Crippen molar-refractivity contribution in [3.05, 3.63) is 12.4 Å². The van der Waals surface area contributed by atoms with E-state index in [4.69, 9.17) is 0 Å². The lowest BCUT2D eigenvalue weighted by Gasteiger charge is -2.23. The van der Waals surface area contributed by atoms with Crippen molar-refractivity contribution < 1.29 is 0 Å². The summed E-state index contributed by atoms with van der Waals surface area (Å²) in [6.07, 6.45) is 6.30. The van der Waals surface area contributed by atoms with Gasteiger partial charge in [0, 0.05) is 19.3 Å². The summed E-state index contributed by atoms with van der Waals surface area (Å²) in [6.45, 7) is 2.25. The van der Waals surface area contributed by atoms with E-state index in [9.17, 15) is 0 Å². The third kappa shape index (κ3) is 2.89. The zero-order valence-electron chi connectivity index (χ0n) is 8.36. The molecule has 0 aliphatic carbocycles. The molecule has 0 radical (unpaired) electrons. The van der Waals surface area contributed by atoms with Gasteiger partial charge in [-0.3, -0.25) is 4.68 Å². The van der Waals surface area contributed by atoms with Crippen molar-refractivity contribution in [3.8, 4) is 0 Å². The first-order chi connectivity index (χ1) is 6.34. The molecule has 0 atom stereocenters. The minimum Gasteiger partial charge on any atom is -0.380 e. The Kier molecular flexibility index (Phi) is 4.22. The summed E-state index contributed by atoms with van der Waals surface area (Å²) < 4.78 is 1.82. The van der Waals surface area contributed by atoms with Crippen LogP contribution in [0.25, 0.3) is 0 Å². The fourth-order valence-electron chi connectivity index (χ4n) is 1.70. The zero-order chi connectivity index (χ0) is 9.10. The van der Waals surface area contributed by atoms with Crippen molar-refractivity contribution in [2.24, 2.45) is 7.05 Å². The van der Waals surface area contributed by atoms with Crippen molar-refractivity contribution in [3.63, 3.8) is 0 Å². The molecule has 1 aromatic heterocycles. The second-order valence-corrected chi connectivity index (χ2v) is 3.57. The normalized spacial score (nSPS) is 17.5. The number of piperidine rings is 1. The number of aryl methyl sites for hydroxylation is 1. The summed E-state index contributed by atoms with van der Waals surface area (Å²) in [5, 5.41) is 10.9. The number of nitrogens with one attached hydrogen (secondary N) is 2. The minimum absolute atomic E-state index is 0. The molecular formula is C9H17ClN4. The smallest absolute Gasteiger partial charge is 0.0728 e. The fourth-order valence-corrected chi connectivity index (χ4v) is 1.70. The quantitative estimate of drug-likeness (QED) is 0.776. The van der Waals surface area contributed by atoms with Gasteiger partial charge in [-0.25, -0.2) is 0 Å². The van der Waals surface area contributed by atoms with Crippen LogP contribution in [-0.4, -0.2) is 28.9 Å². The average molecular weight is 217 g/mol. The summed E-state index contributed by atoms with van der Waals surface area (Å²) in [5.74, 6) is 0. The first-order valence-corrected chi connectivity index (χ1v) is 4.80. The molecule has 2 N–H and O–H groups in total. The number of aromatic nitrogens is 2. The highest BCUT2D eigenvalue weighted by atomic mass is 35.5. The Morgan fingerprint density at radius 3 is 2.79 bits per heavy atom. The van der Waals surface area contributed by atoms with Crippen LogP contribution < -0.4 is 10.6 Å². The number of hydrogen-bond acceptors (Lipinski definition) is 3. The first-order valence-electron chi connectivity index (χ1n) is 4.80. The SMILES string of the molecule is Cl.Cn1cc(NC2CCNCC2)cn1. The summed E-state index contributed by atoms with van der Waals surface area (Å²) in [5.41, 5.74) is 1.13. The molecule has 0 saturated carbocycles. The number of rotatable bonds is 2. The second-order valence-electron chi connectivity index (χ2n) is 3.57. The molecule has 5 heteroatoms. The molecule has 1 fully saturated rings. The van der Waals surface area contributed by atoms with Gasteiger partial charge in [0.2, 0.25) is 0 Å². The van der Waals surface area contributed by atoms with E-state index in [1.165, 1.54) is 12.8 Å². The van der Waals surface area contributed by atoms with Gasteiger partial charge in [-0.15, -0.1) is 12.4 Å². The van der Waals surface area contributed by atoms with Gasteiger partial charge in [-0.05, 0) is 25.9 Å². The van der Waals surface area contributed by atoms with Gasteiger partial charge >= 0.3 is 0 Å². The minimum atomic E-state index is 0. The van der Waals surface area contributed by atoms with Crippen LogP contribution in [0, 0.1) is 0 Å². The number of halogens is 1. The highest BCUT2D eigenvalue weighted by Crippen LogP contribution is 2.11. The van der Waals surface area contributed by atoms with Gasteiger partial charge in [0.15, 0.2) is 0 Å². The Morgan fingerprint density at radius 2 is 2.21 bits per heavy atom. The molecule has 1 aliphatic rings. The highest BCUT2D eigenvalue weighted by Gasteiger charge is 2.12. The van der Waals surface area contributed by atoms with Gasteiger partial charge in [-0.1, -0.05) is 0 Å². The molecule has 0 amide bonds. The van der Waals surface area contributed by atoms with E-state index in [0.717, 1.165) is 18.8 Å². The largest absolute Gasteiger partial charge is 0.380 e. The molecule has 2 rings (SSSR count). The molecule has 14 heavy (non-hydrogen) atoms. The monoisotopic (exact) mass is 216 g/mol. The molecule has 1 aromatic rings. The molecule has 0 bridgehead atoms. The van der Waals surface area contributed by atoms with E-state index in [2.05, 4.69) is 15.7 Å². The number of hydrogen-bond donors (Lipinski definition) is 2. The van der Waals surface area contributed by atoms with Gasteiger partial charge < -0.3 is 10.6 Å². The number of anilines is 1. The van der Waals surface area contributed by atoms with Crippen LogP contribution in [0.15, 0.2) is 12.4 Å². The van der Waals surface area contributed by atoms with Crippen molar-refractivity contribution in [2.75, 3.05) is 18.4 Å². The molecule has 1 aliphatic heterocycles. The van der Waals surface area contributed by atoms with E-state index in [1.807, 2.05) is 24.1 Å². The molecule has 4 nitrogen and oxygen atoms in total. The third-order valence-corrected chi connectivity index (χ3v) is 2.41. The van der Waals surface area contributed by atoms with Crippen LogP contribution in [0.3, 0.4) is 0 Å². The predicted octanol–water partition coefficient (Wildman–Crippen LogP) is 1.01. The van der Waals surface area contributed by atoms with E-state index in [1.54, 1.807) is 0 Å². The Morgan fingerprint density at radius 1 is 1.50 bits per heavy atom. The van der Waals surface area contributed by atoms with Crippen molar-refractivity contribution >= 4 is 18.1 Å². The van der Waals surface area contributed by atoms with Crippen molar-refractivity contribution in [1.82, 2.24) is 15.1 Å². The third-order valence-electron chi connectivity index (χ3n) is 2.41. The Labute approximate surface area is 90.5 Å². The lowest BCUT2D eigenvalue weighted by molar-refractivity contribution is 0.479. The van der Waals surface area contributed by atoms with E-state index >= 15 is 0 Å². The fraction of sp³-hybridized carbons (Fsp3) is 0.667. The second kappa shape index (κ2) is 5.22. The standard InChI is InChI=1S/C9H16N4.ClH/c1-13-7-9(6-11-13)12-8-2-4-10-5-3-8;/h6-8,10,12H,2-5H2,1H3;1H. The Balaban J connectivity index is 0.000000980. The maximum atomic E-state index is 4.12. The summed E-state index contributed by atoms with van der Waals surface area (Å²) >= 11 is 0. The molecule has 2 heterocycles. The number of nitrogens with zero attached hydrogens (tertiary/aromatic N) is 2. The van der Waals surface area contributed by atoms with Crippen molar-refractivity contribution in [1.29, 1.82) is 0 Å². The Bertz CT molecular complexity index is 268. The van der Waals surface area contributed by atoms with Crippen molar-refractivity contribution in [2.45, 2.75) is 18.9 Å². The first kappa shape index (κ1) is 11.3. The predicted molar refractivity (Wildman–Crippen MR) is 60.0 cm³/mol. The van der Waals surface area contributed by atoms with Crippen LogP contribution in [0.2, 0.25) is 0 Å². The summed E-state index contributed by atoms with van der Waals surface area (Å²) in [7, 11) is 1.94. The van der Waals surface area contributed by atoms with Gasteiger partial charge in [0.25, 0.3) is 0 Å². The molecule has 0 spiro atoms. The topological polar surface area (TPSA) is 41.9 Å². The lowest BCUT2D eigenvalue weighted by atomic mass is 10.1. The van der Waals surface area contributed by atoms with Crippen LogP contribution in [0.4, 0.5) is 5.69 Å². The lowest BCUT2D eigenvalue weighted by Crippen LogP contribution is -2.35. The van der Waals surface area contributed by atoms with Gasteiger partial charge in [-0.2, -0.15) is 5.10 Å². The van der Waals surface area contributed by atoms with Crippen LogP contribution in [0.1, 0.15) is 12.8 Å². The van der Waals surface area contributed by atoms with E-state index < -0.39 is 0 Å². The average Bonchev–Trinajstić information content (AvgIpc) is 2.53. The molecular weight excluding hydrogens is 200 g/mol. The van der Waals surface area contributed by atoms with Crippen LogP contribution in [0.5, 0.6) is 0 Å². The van der Waals surface area contributed by atoms with Crippen LogP contribution >= 0.6 is 12.4 Å². The molecule has 1 saturated heterocycles. The van der Waals surface area contributed by atoms with E-state index in [-0.39, 0.29) is 12.4 Å². The molecule has 0 aromatic carbocycles. The zero-order valence-corrected chi connectivity index (χ0v) is 9.18. The van der Waals surface area contributed by atoms with Gasteiger partial charge in [0.1, 0.15) is 0 Å². The summed E-state index contributed by atoms with van der Waals surface area (Å²) in [4.78, 5) is 0. The highest BCUT2D eigenvalue weighted by molar-refractivity contribution is 5.85. The Hall–Kier alpha value is -0.740. The molecule has 0 unspecified atom stereocenters. The molecule has 80 valence electrons.